The van der Waals surface area contributed by atoms with E-state index in [-0.39, 0.29) is 5.41 Å². The van der Waals surface area contributed by atoms with Crippen LogP contribution in [0, 0.1) is 11.3 Å². The van der Waals surface area contributed by atoms with Gasteiger partial charge in [0.2, 0.25) is 0 Å². The molecule has 0 bridgehead atoms. The van der Waals surface area contributed by atoms with Crippen molar-refractivity contribution in [3.05, 3.63) is 0 Å². The van der Waals surface area contributed by atoms with Gasteiger partial charge in [0.1, 0.15) is 0 Å². The second kappa shape index (κ2) is 7.25. The van der Waals surface area contributed by atoms with E-state index in [1.54, 1.807) is 4.31 Å². The molecule has 1 atom stereocenters. The molecular formula is C13H27ClN2O2S. The second-order valence-electron chi connectivity index (χ2n) is 5.77. The number of hydrogen-bond acceptors (Lipinski definition) is 2. The van der Waals surface area contributed by atoms with Crippen molar-refractivity contribution in [3.63, 3.8) is 0 Å². The smallest absolute Gasteiger partial charge is 0.202 e. The summed E-state index contributed by atoms with van der Waals surface area (Å²) in [5.74, 6) is 0.930. The normalized spacial score (nSPS) is 22.6. The molecule has 0 aromatic carbocycles. The highest BCUT2D eigenvalue weighted by Gasteiger charge is 2.31. The standard InChI is InChI=1S/C13H27ClN2O2S/c1-4-13(5-2,10-14)11-15-19(17,18)16-8-6-7-12(3)9-16/h12,15H,4-11H2,1-3H3. The van der Waals surface area contributed by atoms with Gasteiger partial charge in [0.15, 0.2) is 0 Å². The molecule has 1 fully saturated rings. The SMILES string of the molecule is CCC(CC)(CCl)CNS(=O)(=O)N1CCCC(C)C1. The summed E-state index contributed by atoms with van der Waals surface area (Å²) >= 11 is 6.01. The Morgan fingerprint density at radius 2 is 2.00 bits per heavy atom. The predicted molar refractivity (Wildman–Crippen MR) is 80.6 cm³/mol. The Labute approximate surface area is 123 Å². The van der Waals surface area contributed by atoms with Gasteiger partial charge < -0.3 is 0 Å². The Kier molecular flexibility index (Phi) is 6.57. The lowest BCUT2D eigenvalue weighted by Gasteiger charge is -2.33. The lowest BCUT2D eigenvalue weighted by Crippen LogP contribution is -2.48. The third-order valence-electron chi connectivity index (χ3n) is 4.37. The second-order valence-corrected chi connectivity index (χ2v) is 7.79. The lowest BCUT2D eigenvalue weighted by molar-refractivity contribution is 0.267. The van der Waals surface area contributed by atoms with Crippen molar-refractivity contribution in [2.45, 2.75) is 46.5 Å². The fraction of sp³-hybridized carbons (Fsp3) is 1.00. The molecular weight excluding hydrogens is 284 g/mol. The fourth-order valence-electron chi connectivity index (χ4n) is 2.44. The van der Waals surface area contributed by atoms with E-state index in [1.807, 2.05) is 0 Å². The molecule has 0 aliphatic carbocycles. The summed E-state index contributed by atoms with van der Waals surface area (Å²) in [4.78, 5) is 0. The predicted octanol–water partition coefficient (Wildman–Crippen LogP) is 2.60. The van der Waals surface area contributed by atoms with Crippen LogP contribution in [0.25, 0.3) is 0 Å². The van der Waals surface area contributed by atoms with Gasteiger partial charge in [0.25, 0.3) is 10.2 Å². The van der Waals surface area contributed by atoms with E-state index in [4.69, 9.17) is 11.6 Å². The van der Waals surface area contributed by atoms with Crippen molar-refractivity contribution in [3.8, 4) is 0 Å². The summed E-state index contributed by atoms with van der Waals surface area (Å²) in [6, 6.07) is 0. The molecule has 1 rings (SSSR count). The summed E-state index contributed by atoms with van der Waals surface area (Å²) in [5, 5.41) is 0. The zero-order valence-electron chi connectivity index (χ0n) is 12.3. The van der Waals surface area contributed by atoms with Gasteiger partial charge in [-0.3, -0.25) is 0 Å². The summed E-state index contributed by atoms with van der Waals surface area (Å²) in [7, 11) is -3.36. The van der Waals surface area contributed by atoms with Crippen LogP contribution in [-0.2, 0) is 10.2 Å². The third-order valence-corrected chi connectivity index (χ3v) is 6.46. The number of alkyl halides is 1. The van der Waals surface area contributed by atoms with E-state index < -0.39 is 10.2 Å². The van der Waals surface area contributed by atoms with E-state index >= 15 is 0 Å². The molecule has 6 heteroatoms. The first-order valence-electron chi connectivity index (χ1n) is 7.20. The quantitative estimate of drug-likeness (QED) is 0.735. The Morgan fingerprint density at radius 1 is 1.37 bits per heavy atom. The first kappa shape index (κ1) is 17.2. The number of nitrogens with zero attached hydrogens (tertiary/aromatic N) is 1. The van der Waals surface area contributed by atoms with E-state index in [9.17, 15) is 8.42 Å². The largest absolute Gasteiger partial charge is 0.279 e. The van der Waals surface area contributed by atoms with Gasteiger partial charge in [-0.1, -0.05) is 20.8 Å². The van der Waals surface area contributed by atoms with E-state index in [0.29, 0.717) is 31.4 Å². The molecule has 1 heterocycles. The van der Waals surface area contributed by atoms with Crippen LogP contribution in [0.5, 0.6) is 0 Å². The highest BCUT2D eigenvalue weighted by atomic mass is 35.5. The Balaban J connectivity index is 2.64. The minimum atomic E-state index is -3.36. The van der Waals surface area contributed by atoms with Crippen molar-refractivity contribution in [1.82, 2.24) is 9.03 Å². The van der Waals surface area contributed by atoms with Gasteiger partial charge in [-0.2, -0.15) is 12.7 Å². The zero-order valence-corrected chi connectivity index (χ0v) is 13.9. The van der Waals surface area contributed by atoms with Gasteiger partial charge in [-0.05, 0) is 37.0 Å². The van der Waals surface area contributed by atoms with Crippen LogP contribution in [0.4, 0.5) is 0 Å². The molecule has 114 valence electrons. The molecule has 0 aromatic heterocycles. The summed E-state index contributed by atoms with van der Waals surface area (Å²) in [5.41, 5.74) is -0.129. The van der Waals surface area contributed by atoms with Crippen LogP contribution < -0.4 is 4.72 Å². The van der Waals surface area contributed by atoms with Crippen LogP contribution in [0.3, 0.4) is 0 Å². The topological polar surface area (TPSA) is 49.4 Å². The van der Waals surface area contributed by atoms with Gasteiger partial charge in [0.05, 0.1) is 0 Å². The highest BCUT2D eigenvalue weighted by molar-refractivity contribution is 7.87. The molecule has 1 aliphatic heterocycles. The molecule has 0 amide bonds. The van der Waals surface area contributed by atoms with Crippen molar-refractivity contribution in [2.75, 3.05) is 25.5 Å². The molecule has 1 saturated heterocycles. The number of nitrogens with one attached hydrogen (secondary N) is 1. The average molecular weight is 311 g/mol. The molecule has 19 heavy (non-hydrogen) atoms. The number of rotatable bonds is 7. The summed E-state index contributed by atoms with van der Waals surface area (Å²) in [6.45, 7) is 7.90. The first-order valence-corrected chi connectivity index (χ1v) is 9.17. The Bertz CT molecular complexity index is 361. The molecule has 1 aliphatic rings. The van der Waals surface area contributed by atoms with E-state index in [1.165, 1.54) is 0 Å². The van der Waals surface area contributed by atoms with Gasteiger partial charge in [-0.25, -0.2) is 4.72 Å². The van der Waals surface area contributed by atoms with Crippen molar-refractivity contribution >= 4 is 21.8 Å². The van der Waals surface area contributed by atoms with Crippen molar-refractivity contribution < 1.29 is 8.42 Å². The third kappa shape index (κ3) is 4.59. The van der Waals surface area contributed by atoms with Crippen molar-refractivity contribution in [2.24, 2.45) is 11.3 Å². The number of hydrogen-bond donors (Lipinski definition) is 1. The maximum absolute atomic E-state index is 12.3. The van der Waals surface area contributed by atoms with Gasteiger partial charge in [-0.15, -0.1) is 11.6 Å². The highest BCUT2D eigenvalue weighted by Crippen LogP contribution is 2.27. The Hall–Kier alpha value is 0.160. The zero-order chi connectivity index (χ0) is 14.5. The van der Waals surface area contributed by atoms with Crippen LogP contribution in [0.2, 0.25) is 0 Å². The van der Waals surface area contributed by atoms with E-state index in [2.05, 4.69) is 25.5 Å². The van der Waals surface area contributed by atoms with Gasteiger partial charge in [0, 0.05) is 25.5 Å². The molecule has 0 spiro atoms. The minimum absolute atomic E-state index is 0.129. The number of halogens is 1. The van der Waals surface area contributed by atoms with Crippen LogP contribution in [0.1, 0.15) is 46.5 Å². The average Bonchev–Trinajstić information content (AvgIpc) is 2.41. The first-order chi connectivity index (χ1) is 8.89. The number of piperidine rings is 1. The monoisotopic (exact) mass is 310 g/mol. The molecule has 4 nitrogen and oxygen atoms in total. The Morgan fingerprint density at radius 3 is 2.47 bits per heavy atom. The molecule has 1 unspecified atom stereocenters. The maximum atomic E-state index is 12.3. The van der Waals surface area contributed by atoms with Crippen LogP contribution >= 0.6 is 11.6 Å². The molecule has 1 N–H and O–H groups in total. The fourth-order valence-corrected chi connectivity index (χ4v) is 4.40. The van der Waals surface area contributed by atoms with E-state index in [0.717, 1.165) is 25.7 Å². The molecule has 0 aromatic rings. The summed E-state index contributed by atoms with van der Waals surface area (Å²) < 4.78 is 28.9. The molecule has 0 radical (unpaired) electrons. The van der Waals surface area contributed by atoms with Gasteiger partial charge >= 0.3 is 0 Å². The van der Waals surface area contributed by atoms with Crippen molar-refractivity contribution in [1.29, 1.82) is 0 Å². The summed E-state index contributed by atoms with van der Waals surface area (Å²) in [6.07, 6.45) is 3.82. The molecule has 0 saturated carbocycles. The lowest BCUT2D eigenvalue weighted by atomic mass is 9.85. The van der Waals surface area contributed by atoms with Crippen LogP contribution in [-0.4, -0.2) is 38.2 Å². The maximum Gasteiger partial charge on any atom is 0.279 e. The van der Waals surface area contributed by atoms with Crippen LogP contribution in [0.15, 0.2) is 0 Å². The minimum Gasteiger partial charge on any atom is -0.202 e.